The SMILES string of the molecule is C.C.C.C.C.C.C.C.C.CCC(C)(C(=O)OC1C2CC3C(=O)OC1C3C2)C(C)(C)CC(C)(C(=O)OC1(C)C2CC3CC(C2)CC1C3)C(C)(C)CC(C)(C)C(=O)OC12CC3CC(CC(O)(C3)C1)C2. The third kappa shape index (κ3) is 9.92. The molecule has 9 heteroatoms. The molecule has 1 saturated heterocycles. The van der Waals surface area contributed by atoms with E-state index in [0.29, 0.717) is 55.8 Å². The van der Waals surface area contributed by atoms with Gasteiger partial charge in [0.2, 0.25) is 0 Å². The molecule has 0 aromatic carbocycles. The molecule has 0 aromatic heterocycles. The fourth-order valence-corrected chi connectivity index (χ4v) is 16.4. The van der Waals surface area contributed by atoms with Crippen molar-refractivity contribution in [3.05, 3.63) is 0 Å². The van der Waals surface area contributed by atoms with Crippen LogP contribution in [0.15, 0.2) is 0 Å². The molecule has 1 heterocycles. The lowest BCUT2D eigenvalue weighted by Gasteiger charge is -2.60. The number of rotatable bonds is 13. The molecule has 11 aliphatic rings. The van der Waals surface area contributed by atoms with Gasteiger partial charge in [0.15, 0.2) is 0 Å². The zero-order valence-corrected chi connectivity index (χ0v) is 37.4. The normalized spacial score (nSPS) is 39.1. The molecule has 0 amide bonds. The Morgan fingerprint density at radius 1 is 0.627 bits per heavy atom. The van der Waals surface area contributed by atoms with Crippen molar-refractivity contribution in [3.8, 4) is 0 Å². The standard InChI is InChI=1S/C49H74O9.9CH4/c1-11-45(8,40(52)56-36-31-18-34-35(19-31)38(50)55-37(34)36)44(6,7)25-46(9,41(53)57-47(10)32-14-27-12-28(16-32)17-33(47)15-27)43(4,5)24-42(2,3)39(51)58-49-22-29-13-30(23-49)21-48(54,20-29)26-49;;;;;;;;;/h27-37,54H,11-26H2,1-10H3;9*1H4. The number of ether oxygens (including phenoxy) is 4. The lowest BCUT2D eigenvalue weighted by atomic mass is 9.49. The summed E-state index contributed by atoms with van der Waals surface area (Å²) in [6, 6.07) is 0. The lowest BCUT2D eigenvalue weighted by Crippen LogP contribution is -2.61. The van der Waals surface area contributed by atoms with Crippen LogP contribution in [0.4, 0.5) is 0 Å². The zero-order chi connectivity index (χ0) is 41.8. The molecule has 10 bridgehead atoms. The maximum absolute atomic E-state index is 15.5. The van der Waals surface area contributed by atoms with Gasteiger partial charge in [-0.2, -0.15) is 0 Å². The molecule has 0 radical (unpaired) electrons. The Kier molecular flexibility index (Phi) is 19.9. The first kappa shape index (κ1) is 64.8. The van der Waals surface area contributed by atoms with Gasteiger partial charge >= 0.3 is 23.9 Å². The summed E-state index contributed by atoms with van der Waals surface area (Å²) in [7, 11) is 0. The van der Waals surface area contributed by atoms with E-state index in [9.17, 15) is 19.5 Å². The third-order valence-electron chi connectivity index (χ3n) is 19.8. The number of aliphatic hydroxyl groups is 1. The first-order valence-electron chi connectivity index (χ1n) is 23.4. The van der Waals surface area contributed by atoms with E-state index in [0.717, 1.165) is 76.0 Å². The average Bonchev–Trinajstić information content (AvgIpc) is 3.73. The molecule has 10 aliphatic carbocycles. The van der Waals surface area contributed by atoms with Crippen LogP contribution in [-0.4, -0.2) is 58.0 Å². The molecule has 1 aliphatic heterocycles. The highest BCUT2D eigenvalue weighted by atomic mass is 16.6. The van der Waals surface area contributed by atoms with Gasteiger partial charge in [-0.25, -0.2) is 0 Å². The summed E-state index contributed by atoms with van der Waals surface area (Å²) in [4.78, 5) is 57.3. The smallest absolute Gasteiger partial charge is 0.312 e. The van der Waals surface area contributed by atoms with Crippen LogP contribution in [0.5, 0.6) is 0 Å². The summed E-state index contributed by atoms with van der Waals surface area (Å²) < 4.78 is 25.9. The Morgan fingerprint density at radius 2 is 1.12 bits per heavy atom. The Labute approximate surface area is 413 Å². The molecule has 9 atom stereocenters. The van der Waals surface area contributed by atoms with Crippen LogP contribution in [-0.2, 0) is 38.1 Å². The van der Waals surface area contributed by atoms with Crippen molar-refractivity contribution in [1.82, 2.24) is 0 Å². The molecule has 11 rings (SSSR count). The number of hydrogen-bond acceptors (Lipinski definition) is 9. The molecule has 67 heavy (non-hydrogen) atoms. The Morgan fingerprint density at radius 3 is 1.61 bits per heavy atom. The van der Waals surface area contributed by atoms with E-state index in [-0.39, 0.29) is 115 Å². The quantitative estimate of drug-likeness (QED) is 0.142. The monoisotopic (exact) mass is 951 g/mol. The summed E-state index contributed by atoms with van der Waals surface area (Å²) in [5.41, 5.74) is -6.49. The van der Waals surface area contributed by atoms with Crippen LogP contribution < -0.4 is 0 Å². The molecule has 0 aromatic rings. The van der Waals surface area contributed by atoms with E-state index < -0.39 is 50.0 Å². The number of fused-ring (bicyclic) bond motifs is 1. The maximum Gasteiger partial charge on any atom is 0.312 e. The van der Waals surface area contributed by atoms with Gasteiger partial charge in [-0.05, 0) is 177 Å². The maximum atomic E-state index is 15.5. The summed E-state index contributed by atoms with van der Waals surface area (Å²) in [6.45, 7) is 20.5. The molecule has 11 fully saturated rings. The summed E-state index contributed by atoms with van der Waals surface area (Å²) in [6.07, 6.45) is 12.6. The van der Waals surface area contributed by atoms with Gasteiger partial charge in [-0.3, -0.25) is 19.2 Å². The van der Waals surface area contributed by atoms with Crippen molar-refractivity contribution in [1.29, 1.82) is 0 Å². The van der Waals surface area contributed by atoms with Gasteiger partial charge in [0.05, 0.1) is 27.8 Å². The second kappa shape index (κ2) is 20.5. The van der Waals surface area contributed by atoms with E-state index in [1.807, 2.05) is 34.6 Å². The number of esters is 4. The van der Waals surface area contributed by atoms with Crippen LogP contribution in [0.3, 0.4) is 0 Å². The minimum absolute atomic E-state index is 0. The Balaban J connectivity index is 0.00000484. The minimum atomic E-state index is -1.11. The lowest BCUT2D eigenvalue weighted by molar-refractivity contribution is -0.230. The molecule has 9 nitrogen and oxygen atoms in total. The minimum Gasteiger partial charge on any atom is -0.459 e. The number of hydrogen-bond donors (Lipinski definition) is 1. The van der Waals surface area contributed by atoms with Crippen molar-refractivity contribution >= 4 is 23.9 Å². The topological polar surface area (TPSA) is 125 Å². The fourth-order valence-electron chi connectivity index (χ4n) is 16.4. The highest BCUT2D eigenvalue weighted by molar-refractivity contribution is 5.81. The van der Waals surface area contributed by atoms with Crippen molar-refractivity contribution in [2.24, 2.45) is 80.3 Å². The van der Waals surface area contributed by atoms with Crippen LogP contribution in [0.25, 0.3) is 0 Å². The molecule has 9 unspecified atom stereocenters. The van der Waals surface area contributed by atoms with Gasteiger partial charge < -0.3 is 24.1 Å². The number of carbonyl (C=O) groups is 4. The molecule has 1 N–H and O–H groups in total. The molecule has 0 spiro atoms. The van der Waals surface area contributed by atoms with Gasteiger partial charge in [-0.15, -0.1) is 0 Å². The van der Waals surface area contributed by atoms with Gasteiger partial charge in [0.25, 0.3) is 0 Å². The fraction of sp³-hybridized carbons (Fsp3) is 0.931. The second-order valence-corrected chi connectivity index (χ2v) is 24.9. The summed E-state index contributed by atoms with van der Waals surface area (Å²) in [5.74, 6) is 2.14. The van der Waals surface area contributed by atoms with Crippen molar-refractivity contribution < 1.29 is 43.2 Å². The third-order valence-corrected chi connectivity index (χ3v) is 19.8. The van der Waals surface area contributed by atoms with E-state index in [4.69, 9.17) is 18.9 Å². The van der Waals surface area contributed by atoms with Crippen molar-refractivity contribution in [3.63, 3.8) is 0 Å². The molecule has 10 saturated carbocycles. The van der Waals surface area contributed by atoms with E-state index in [1.54, 1.807) is 0 Å². The highest BCUT2D eigenvalue weighted by Crippen LogP contribution is 2.64. The summed E-state index contributed by atoms with van der Waals surface area (Å²) >= 11 is 0. The van der Waals surface area contributed by atoms with Crippen LogP contribution >= 0.6 is 0 Å². The second-order valence-electron chi connectivity index (χ2n) is 24.9. The van der Waals surface area contributed by atoms with Crippen molar-refractivity contribution in [2.75, 3.05) is 0 Å². The number of carbonyl (C=O) groups excluding carboxylic acids is 4. The Bertz CT molecular complexity index is 1700. The van der Waals surface area contributed by atoms with Crippen LogP contribution in [0.1, 0.15) is 239 Å². The van der Waals surface area contributed by atoms with Gasteiger partial charge in [0.1, 0.15) is 23.4 Å². The van der Waals surface area contributed by atoms with Crippen LogP contribution in [0.2, 0.25) is 0 Å². The predicted octanol–water partition coefficient (Wildman–Crippen LogP) is 14.9. The first-order chi connectivity index (χ1) is 26.8. The predicted molar refractivity (Wildman–Crippen MR) is 277 cm³/mol. The van der Waals surface area contributed by atoms with E-state index >= 15 is 4.79 Å². The molecular weight excluding hydrogens is 841 g/mol. The van der Waals surface area contributed by atoms with Gasteiger partial charge in [-0.1, -0.05) is 101 Å². The molecular formula is C58H110O9. The Hall–Kier alpha value is -2.16. The highest BCUT2D eigenvalue weighted by Gasteiger charge is 2.66. The van der Waals surface area contributed by atoms with Crippen LogP contribution in [0, 0.1) is 80.3 Å². The average molecular weight is 952 g/mol. The molecule has 396 valence electrons. The van der Waals surface area contributed by atoms with E-state index in [2.05, 4.69) is 34.6 Å². The van der Waals surface area contributed by atoms with E-state index in [1.165, 1.54) is 6.42 Å². The summed E-state index contributed by atoms with van der Waals surface area (Å²) in [5, 5.41) is 11.5. The van der Waals surface area contributed by atoms with Gasteiger partial charge in [0, 0.05) is 18.3 Å². The van der Waals surface area contributed by atoms with Crippen molar-refractivity contribution in [2.45, 2.75) is 268 Å². The first-order valence-corrected chi connectivity index (χ1v) is 23.4. The zero-order valence-electron chi connectivity index (χ0n) is 37.4. The largest absolute Gasteiger partial charge is 0.459 e.